The molecule has 1 aromatic carbocycles. The topological polar surface area (TPSA) is 77.5 Å². The van der Waals surface area contributed by atoms with Gasteiger partial charge >= 0.3 is 5.97 Å². The van der Waals surface area contributed by atoms with Crippen molar-refractivity contribution in [3.05, 3.63) is 29.5 Å². The predicted molar refractivity (Wildman–Crippen MR) is 83.2 cm³/mol. The molecule has 1 heterocycles. The molecule has 1 N–H and O–H groups in total. The second kappa shape index (κ2) is 7.09. The Morgan fingerprint density at radius 2 is 2.05 bits per heavy atom. The normalized spacial score (nSPS) is 10.3. The lowest BCUT2D eigenvalue weighted by Gasteiger charge is -2.12. The van der Waals surface area contributed by atoms with Crippen molar-refractivity contribution in [2.45, 2.75) is 12.8 Å². The Kier molecular flexibility index (Phi) is 5.16. The van der Waals surface area contributed by atoms with Crippen LogP contribution in [-0.4, -0.2) is 31.1 Å². The average molecular weight is 323 g/mol. The fraction of sp³-hybridized carbons (Fsp3) is 0.267. The number of pyridine rings is 1. The smallest absolute Gasteiger partial charge is 0.306 e. The summed E-state index contributed by atoms with van der Waals surface area (Å²) in [4.78, 5) is 27.0. The van der Waals surface area contributed by atoms with Crippen molar-refractivity contribution in [2.75, 3.05) is 19.5 Å². The van der Waals surface area contributed by atoms with Crippen molar-refractivity contribution in [3.63, 3.8) is 0 Å². The summed E-state index contributed by atoms with van der Waals surface area (Å²) in [6.45, 7) is 0. The second-order valence-corrected chi connectivity index (χ2v) is 4.86. The fourth-order valence-corrected chi connectivity index (χ4v) is 2.18. The number of carbonyl (C=O) groups is 2. The van der Waals surface area contributed by atoms with Crippen molar-refractivity contribution in [1.29, 1.82) is 0 Å². The number of halogens is 1. The molecule has 2 rings (SSSR count). The van der Waals surface area contributed by atoms with Crippen LogP contribution >= 0.6 is 11.6 Å². The molecule has 7 heteroatoms. The van der Waals surface area contributed by atoms with Gasteiger partial charge in [0, 0.05) is 18.0 Å². The van der Waals surface area contributed by atoms with Gasteiger partial charge in [0.25, 0.3) is 0 Å². The van der Waals surface area contributed by atoms with Crippen LogP contribution in [0, 0.1) is 0 Å². The van der Waals surface area contributed by atoms with E-state index in [0.717, 1.165) is 5.39 Å². The van der Waals surface area contributed by atoms with E-state index in [4.69, 9.17) is 16.3 Å². The molecular formula is C15H15ClN2O4. The van der Waals surface area contributed by atoms with Gasteiger partial charge in [0.2, 0.25) is 5.91 Å². The van der Waals surface area contributed by atoms with Crippen LogP contribution in [-0.2, 0) is 14.3 Å². The first-order valence-electron chi connectivity index (χ1n) is 6.54. The Balaban J connectivity index is 2.24. The van der Waals surface area contributed by atoms with Crippen LogP contribution in [0.2, 0.25) is 5.15 Å². The quantitative estimate of drug-likeness (QED) is 0.676. The number of esters is 1. The van der Waals surface area contributed by atoms with Gasteiger partial charge < -0.3 is 14.8 Å². The molecule has 0 bridgehead atoms. The van der Waals surface area contributed by atoms with Gasteiger partial charge in [-0.2, -0.15) is 0 Å². The number of hydrogen-bond donors (Lipinski definition) is 1. The molecule has 0 radical (unpaired) electrons. The highest BCUT2D eigenvalue weighted by Gasteiger charge is 2.12. The van der Waals surface area contributed by atoms with E-state index >= 15 is 0 Å². The van der Waals surface area contributed by atoms with E-state index < -0.39 is 5.97 Å². The number of aromatic nitrogens is 1. The van der Waals surface area contributed by atoms with Crippen LogP contribution in [0.1, 0.15) is 12.8 Å². The van der Waals surface area contributed by atoms with Gasteiger partial charge in [-0.15, -0.1) is 0 Å². The third kappa shape index (κ3) is 3.65. The van der Waals surface area contributed by atoms with Gasteiger partial charge in [-0.1, -0.05) is 11.6 Å². The summed E-state index contributed by atoms with van der Waals surface area (Å²) in [5, 5.41) is 4.59. The molecule has 0 atom stereocenters. The summed E-state index contributed by atoms with van der Waals surface area (Å²) in [5.41, 5.74) is 0.472. The van der Waals surface area contributed by atoms with Crippen molar-refractivity contribution in [1.82, 2.24) is 4.98 Å². The molecule has 22 heavy (non-hydrogen) atoms. The van der Waals surface area contributed by atoms with Crippen molar-refractivity contribution in [3.8, 4) is 5.75 Å². The zero-order chi connectivity index (χ0) is 16.1. The first-order valence-corrected chi connectivity index (χ1v) is 6.92. The summed E-state index contributed by atoms with van der Waals surface area (Å²) in [6.07, 6.45) is 1.63. The SMILES string of the molecule is COC(=O)CCC(=O)Nc1cc2c(Cl)nccc2cc1OC. The molecule has 0 saturated heterocycles. The molecule has 0 aliphatic carbocycles. The van der Waals surface area contributed by atoms with Crippen LogP contribution in [0.5, 0.6) is 5.75 Å². The molecule has 0 aliphatic heterocycles. The summed E-state index contributed by atoms with van der Waals surface area (Å²) in [6, 6.07) is 5.25. The average Bonchev–Trinajstić information content (AvgIpc) is 2.52. The number of carbonyl (C=O) groups excluding carboxylic acids is 2. The highest BCUT2D eigenvalue weighted by molar-refractivity contribution is 6.34. The fourth-order valence-electron chi connectivity index (χ4n) is 1.96. The molecule has 0 spiro atoms. The number of amides is 1. The Morgan fingerprint density at radius 1 is 1.27 bits per heavy atom. The number of rotatable bonds is 5. The molecule has 2 aromatic rings. The molecule has 6 nitrogen and oxygen atoms in total. The number of hydrogen-bond acceptors (Lipinski definition) is 5. The minimum absolute atomic E-state index is 0.0144. The highest BCUT2D eigenvalue weighted by atomic mass is 35.5. The Hall–Kier alpha value is -2.34. The Bertz CT molecular complexity index is 718. The summed E-state index contributed by atoms with van der Waals surface area (Å²) in [5.74, 6) is -0.253. The van der Waals surface area contributed by atoms with E-state index in [1.165, 1.54) is 14.2 Å². The van der Waals surface area contributed by atoms with Gasteiger partial charge in [0.1, 0.15) is 10.9 Å². The minimum atomic E-state index is -0.437. The van der Waals surface area contributed by atoms with Gasteiger partial charge in [-0.25, -0.2) is 4.98 Å². The molecule has 0 fully saturated rings. The van der Waals surface area contributed by atoms with Crippen LogP contribution in [0.15, 0.2) is 24.4 Å². The summed E-state index contributed by atoms with van der Waals surface area (Å²) < 4.78 is 9.77. The molecule has 1 aromatic heterocycles. The Morgan fingerprint density at radius 3 is 2.73 bits per heavy atom. The molecule has 0 saturated carbocycles. The second-order valence-electron chi connectivity index (χ2n) is 4.50. The summed E-state index contributed by atoms with van der Waals surface area (Å²) >= 11 is 6.06. The zero-order valence-electron chi connectivity index (χ0n) is 12.2. The van der Waals surface area contributed by atoms with E-state index in [-0.39, 0.29) is 18.7 Å². The van der Waals surface area contributed by atoms with E-state index in [1.54, 1.807) is 24.4 Å². The van der Waals surface area contributed by atoms with Crippen LogP contribution in [0.3, 0.4) is 0 Å². The number of methoxy groups -OCH3 is 2. The monoisotopic (exact) mass is 322 g/mol. The third-order valence-corrected chi connectivity index (χ3v) is 3.40. The number of fused-ring (bicyclic) bond motifs is 1. The van der Waals surface area contributed by atoms with Gasteiger partial charge in [-0.3, -0.25) is 9.59 Å². The number of nitrogens with zero attached hydrogens (tertiary/aromatic N) is 1. The first kappa shape index (κ1) is 16.0. The van der Waals surface area contributed by atoms with Crippen molar-refractivity contribution in [2.24, 2.45) is 0 Å². The van der Waals surface area contributed by atoms with E-state index in [1.807, 2.05) is 0 Å². The number of ether oxygens (including phenoxy) is 2. The summed E-state index contributed by atoms with van der Waals surface area (Å²) in [7, 11) is 2.79. The third-order valence-electron chi connectivity index (χ3n) is 3.09. The number of nitrogens with one attached hydrogen (secondary N) is 1. The lowest BCUT2D eigenvalue weighted by Crippen LogP contribution is -2.14. The van der Waals surface area contributed by atoms with Crippen LogP contribution < -0.4 is 10.1 Å². The largest absolute Gasteiger partial charge is 0.495 e. The molecule has 1 amide bonds. The predicted octanol–water partition coefficient (Wildman–Crippen LogP) is 2.79. The molecule has 116 valence electrons. The number of anilines is 1. The van der Waals surface area contributed by atoms with Crippen LogP contribution in [0.4, 0.5) is 5.69 Å². The van der Waals surface area contributed by atoms with E-state index in [0.29, 0.717) is 22.0 Å². The lowest BCUT2D eigenvalue weighted by molar-refractivity contribution is -0.141. The number of benzene rings is 1. The van der Waals surface area contributed by atoms with Crippen LogP contribution in [0.25, 0.3) is 10.8 Å². The van der Waals surface area contributed by atoms with E-state index in [9.17, 15) is 9.59 Å². The van der Waals surface area contributed by atoms with Gasteiger partial charge in [0.15, 0.2) is 0 Å². The van der Waals surface area contributed by atoms with Gasteiger partial charge in [0.05, 0.1) is 26.3 Å². The Labute approximate surface area is 132 Å². The first-order chi connectivity index (χ1) is 10.5. The van der Waals surface area contributed by atoms with Crippen molar-refractivity contribution < 1.29 is 19.1 Å². The maximum absolute atomic E-state index is 11.9. The van der Waals surface area contributed by atoms with Crippen molar-refractivity contribution >= 4 is 39.9 Å². The van der Waals surface area contributed by atoms with Gasteiger partial charge in [-0.05, 0) is 23.6 Å². The zero-order valence-corrected chi connectivity index (χ0v) is 12.9. The maximum atomic E-state index is 11.9. The molecule has 0 unspecified atom stereocenters. The molecule has 0 aliphatic rings. The standard InChI is InChI=1S/C15H15ClN2O4/c1-21-12-7-9-5-6-17-15(16)10(9)8-11(12)18-13(19)3-4-14(20)22-2/h5-8H,3-4H2,1-2H3,(H,18,19). The highest BCUT2D eigenvalue weighted by Crippen LogP contribution is 2.32. The minimum Gasteiger partial charge on any atom is -0.495 e. The lowest BCUT2D eigenvalue weighted by atomic mass is 10.1. The van der Waals surface area contributed by atoms with E-state index in [2.05, 4.69) is 15.0 Å². The molecular weight excluding hydrogens is 308 g/mol. The maximum Gasteiger partial charge on any atom is 0.306 e.